The number of aromatic carboxylic acids is 1. The van der Waals surface area contributed by atoms with Crippen LogP contribution in [0.2, 0.25) is 5.02 Å². The van der Waals surface area contributed by atoms with Gasteiger partial charge in [-0.05, 0) is 12.1 Å². The second-order valence-electron chi connectivity index (χ2n) is 3.88. The molecule has 2 rings (SSSR count). The van der Waals surface area contributed by atoms with E-state index in [4.69, 9.17) is 16.7 Å². The first kappa shape index (κ1) is 13.4. The van der Waals surface area contributed by atoms with Gasteiger partial charge in [-0.15, -0.1) is 0 Å². The van der Waals surface area contributed by atoms with E-state index in [9.17, 15) is 9.18 Å². The van der Waals surface area contributed by atoms with Gasteiger partial charge in [-0.3, -0.25) is 4.68 Å². The molecule has 2 aromatic rings. The van der Waals surface area contributed by atoms with Crippen LogP contribution in [0, 0.1) is 5.82 Å². The van der Waals surface area contributed by atoms with Gasteiger partial charge in [-0.25, -0.2) is 9.18 Å². The Morgan fingerprint density at radius 3 is 2.95 bits per heavy atom. The number of carbonyl (C=O) groups is 1. The fraction of sp³-hybridized carbons (Fsp3) is 0.167. The standard InChI is InChI=1S/C12H11ClFN3O2/c1-17-10(7(5-16-17)12(18)19)6-15-11-8(13)3-2-4-9(11)14/h2-5,15H,6H2,1H3,(H,18,19). The zero-order chi connectivity index (χ0) is 14.0. The number of aromatic nitrogens is 2. The Hall–Kier alpha value is -2.08. The van der Waals surface area contributed by atoms with Crippen LogP contribution >= 0.6 is 11.6 Å². The van der Waals surface area contributed by atoms with Crippen molar-refractivity contribution in [1.29, 1.82) is 0 Å². The fourth-order valence-corrected chi connectivity index (χ4v) is 1.92. The number of nitrogens with zero attached hydrogens (tertiary/aromatic N) is 2. The predicted molar refractivity (Wildman–Crippen MR) is 68.9 cm³/mol. The number of benzene rings is 1. The van der Waals surface area contributed by atoms with Crippen LogP contribution in [-0.2, 0) is 13.6 Å². The number of para-hydroxylation sites is 1. The van der Waals surface area contributed by atoms with E-state index in [0.29, 0.717) is 5.69 Å². The van der Waals surface area contributed by atoms with E-state index in [1.807, 2.05) is 0 Å². The van der Waals surface area contributed by atoms with Gasteiger partial charge in [0.2, 0.25) is 0 Å². The van der Waals surface area contributed by atoms with Crippen LogP contribution in [-0.4, -0.2) is 20.9 Å². The number of carboxylic acids is 1. The summed E-state index contributed by atoms with van der Waals surface area (Å²) in [5.41, 5.74) is 0.649. The van der Waals surface area contributed by atoms with Gasteiger partial charge in [-0.2, -0.15) is 5.10 Å². The topological polar surface area (TPSA) is 67.2 Å². The highest BCUT2D eigenvalue weighted by atomic mass is 35.5. The summed E-state index contributed by atoms with van der Waals surface area (Å²) in [5.74, 6) is -1.57. The van der Waals surface area contributed by atoms with E-state index in [0.717, 1.165) is 0 Å². The normalized spacial score (nSPS) is 10.5. The Morgan fingerprint density at radius 2 is 2.32 bits per heavy atom. The summed E-state index contributed by atoms with van der Waals surface area (Å²) in [5, 5.41) is 15.9. The maximum atomic E-state index is 13.6. The lowest BCUT2D eigenvalue weighted by molar-refractivity contribution is 0.0695. The van der Waals surface area contributed by atoms with Crippen molar-refractivity contribution < 1.29 is 14.3 Å². The van der Waals surface area contributed by atoms with Crippen molar-refractivity contribution in [2.45, 2.75) is 6.54 Å². The molecule has 0 bridgehead atoms. The molecule has 1 aromatic carbocycles. The molecule has 0 unspecified atom stereocenters. The second-order valence-corrected chi connectivity index (χ2v) is 4.29. The van der Waals surface area contributed by atoms with Crippen LogP contribution in [0.5, 0.6) is 0 Å². The van der Waals surface area contributed by atoms with Crippen LogP contribution < -0.4 is 5.32 Å². The van der Waals surface area contributed by atoms with E-state index in [-0.39, 0.29) is 22.8 Å². The van der Waals surface area contributed by atoms with Gasteiger partial charge >= 0.3 is 5.97 Å². The van der Waals surface area contributed by atoms with E-state index < -0.39 is 11.8 Å². The van der Waals surface area contributed by atoms with Crippen LogP contribution in [0.4, 0.5) is 10.1 Å². The second kappa shape index (κ2) is 5.27. The number of aryl methyl sites for hydroxylation is 1. The highest BCUT2D eigenvalue weighted by Gasteiger charge is 2.15. The fourth-order valence-electron chi connectivity index (χ4n) is 1.69. The third kappa shape index (κ3) is 2.68. The predicted octanol–water partition coefficient (Wildman–Crippen LogP) is 2.52. The van der Waals surface area contributed by atoms with Crippen molar-refractivity contribution in [3.8, 4) is 0 Å². The lowest BCUT2D eigenvalue weighted by Crippen LogP contribution is -2.11. The van der Waals surface area contributed by atoms with Crippen molar-refractivity contribution in [2.75, 3.05) is 5.32 Å². The number of hydrogen-bond acceptors (Lipinski definition) is 3. The van der Waals surface area contributed by atoms with Crippen molar-refractivity contribution in [3.05, 3.63) is 46.5 Å². The molecule has 0 saturated heterocycles. The van der Waals surface area contributed by atoms with Crippen molar-refractivity contribution in [3.63, 3.8) is 0 Å². The van der Waals surface area contributed by atoms with E-state index >= 15 is 0 Å². The number of nitrogens with one attached hydrogen (secondary N) is 1. The molecule has 0 amide bonds. The molecular weight excluding hydrogens is 273 g/mol. The third-order valence-corrected chi connectivity index (χ3v) is 3.00. The van der Waals surface area contributed by atoms with Gasteiger partial charge in [0, 0.05) is 7.05 Å². The zero-order valence-electron chi connectivity index (χ0n) is 10.0. The van der Waals surface area contributed by atoms with Crippen LogP contribution in [0.15, 0.2) is 24.4 Å². The monoisotopic (exact) mass is 283 g/mol. The average molecular weight is 284 g/mol. The summed E-state index contributed by atoms with van der Waals surface area (Å²) < 4.78 is 15.0. The maximum absolute atomic E-state index is 13.6. The molecule has 19 heavy (non-hydrogen) atoms. The van der Waals surface area contributed by atoms with E-state index in [1.54, 1.807) is 13.1 Å². The van der Waals surface area contributed by atoms with Gasteiger partial charge < -0.3 is 10.4 Å². The first-order valence-corrected chi connectivity index (χ1v) is 5.80. The molecule has 0 radical (unpaired) electrons. The van der Waals surface area contributed by atoms with Crippen molar-refractivity contribution in [1.82, 2.24) is 9.78 Å². The smallest absolute Gasteiger partial charge is 0.339 e. The Labute approximate surface area is 113 Å². The average Bonchev–Trinajstić information content (AvgIpc) is 2.70. The Bertz CT molecular complexity index is 607. The van der Waals surface area contributed by atoms with E-state index in [2.05, 4.69) is 10.4 Å². The molecule has 5 nitrogen and oxygen atoms in total. The molecule has 100 valence electrons. The minimum absolute atomic E-state index is 0.0717. The van der Waals surface area contributed by atoms with Crippen LogP contribution in [0.3, 0.4) is 0 Å². The molecular formula is C12H11ClFN3O2. The molecule has 0 fully saturated rings. The lowest BCUT2D eigenvalue weighted by Gasteiger charge is -2.10. The Kier molecular flexibility index (Phi) is 3.71. The summed E-state index contributed by atoms with van der Waals surface area (Å²) in [6, 6.07) is 4.32. The van der Waals surface area contributed by atoms with Gasteiger partial charge in [0.15, 0.2) is 0 Å². The number of rotatable bonds is 4. The van der Waals surface area contributed by atoms with Gasteiger partial charge in [0.1, 0.15) is 11.4 Å². The van der Waals surface area contributed by atoms with E-state index in [1.165, 1.54) is 23.0 Å². The molecule has 0 spiro atoms. The van der Waals surface area contributed by atoms with Gasteiger partial charge in [-0.1, -0.05) is 17.7 Å². The van der Waals surface area contributed by atoms with Crippen LogP contribution in [0.1, 0.15) is 16.1 Å². The number of halogens is 2. The largest absolute Gasteiger partial charge is 0.478 e. The molecule has 7 heteroatoms. The number of anilines is 1. The molecule has 1 heterocycles. The summed E-state index contributed by atoms with van der Waals surface area (Å²) in [6.45, 7) is 0.110. The third-order valence-electron chi connectivity index (χ3n) is 2.69. The lowest BCUT2D eigenvalue weighted by atomic mass is 10.2. The maximum Gasteiger partial charge on any atom is 0.339 e. The Balaban J connectivity index is 2.24. The van der Waals surface area contributed by atoms with Gasteiger partial charge in [0.05, 0.1) is 29.1 Å². The van der Waals surface area contributed by atoms with Crippen molar-refractivity contribution >= 4 is 23.3 Å². The molecule has 1 aromatic heterocycles. The highest BCUT2D eigenvalue weighted by molar-refractivity contribution is 6.33. The quantitative estimate of drug-likeness (QED) is 0.905. The molecule has 0 aliphatic rings. The minimum Gasteiger partial charge on any atom is -0.478 e. The first-order chi connectivity index (χ1) is 9.00. The van der Waals surface area contributed by atoms with Crippen LogP contribution in [0.25, 0.3) is 0 Å². The molecule has 0 aliphatic carbocycles. The molecule has 2 N–H and O–H groups in total. The minimum atomic E-state index is -1.08. The Morgan fingerprint density at radius 1 is 1.58 bits per heavy atom. The van der Waals surface area contributed by atoms with Crippen molar-refractivity contribution in [2.24, 2.45) is 7.05 Å². The van der Waals surface area contributed by atoms with Gasteiger partial charge in [0.25, 0.3) is 0 Å². The molecule has 0 aliphatic heterocycles. The summed E-state index contributed by atoms with van der Waals surface area (Å²) in [6.07, 6.45) is 1.25. The number of hydrogen-bond donors (Lipinski definition) is 2. The zero-order valence-corrected chi connectivity index (χ0v) is 10.8. The summed E-state index contributed by atoms with van der Waals surface area (Å²) in [7, 11) is 1.62. The SMILES string of the molecule is Cn1ncc(C(=O)O)c1CNc1c(F)cccc1Cl. The highest BCUT2D eigenvalue weighted by Crippen LogP contribution is 2.25. The first-order valence-electron chi connectivity index (χ1n) is 5.42. The molecule has 0 atom stereocenters. The summed E-state index contributed by atoms with van der Waals surface area (Å²) >= 11 is 5.87. The summed E-state index contributed by atoms with van der Waals surface area (Å²) in [4.78, 5) is 11.0. The molecule has 0 saturated carbocycles. The number of carboxylic acid groups (broad SMARTS) is 1.